The van der Waals surface area contributed by atoms with Gasteiger partial charge < -0.3 is 10.4 Å². The van der Waals surface area contributed by atoms with Gasteiger partial charge in [-0.25, -0.2) is 8.42 Å². The first-order chi connectivity index (χ1) is 10.5. The van der Waals surface area contributed by atoms with E-state index in [0.717, 1.165) is 0 Å². The number of carboxylic acids is 1. The number of hydrogen-bond acceptors (Lipinski definition) is 4. The second-order valence-electron chi connectivity index (χ2n) is 5.95. The van der Waals surface area contributed by atoms with Crippen LogP contribution < -0.4 is 10.0 Å². The van der Waals surface area contributed by atoms with Gasteiger partial charge in [0, 0.05) is 12.1 Å². The first kappa shape index (κ1) is 19.0. The molecule has 0 unspecified atom stereocenters. The number of anilines is 2. The molecule has 128 valence electrons. The fourth-order valence-electron chi connectivity index (χ4n) is 1.78. The van der Waals surface area contributed by atoms with Gasteiger partial charge in [-0.15, -0.1) is 0 Å². The molecule has 23 heavy (non-hydrogen) atoms. The molecule has 7 nitrogen and oxygen atoms in total. The first-order valence-corrected chi connectivity index (χ1v) is 8.76. The van der Waals surface area contributed by atoms with Gasteiger partial charge in [-0.05, 0) is 51.5 Å². The number of aryl methyl sites for hydroxylation is 1. The summed E-state index contributed by atoms with van der Waals surface area (Å²) in [6.07, 6.45) is -0.161. The van der Waals surface area contributed by atoms with Crippen molar-refractivity contribution in [3.63, 3.8) is 0 Å². The van der Waals surface area contributed by atoms with Gasteiger partial charge in [0.15, 0.2) is 0 Å². The number of hydrogen-bond donors (Lipinski definition) is 3. The van der Waals surface area contributed by atoms with Crippen molar-refractivity contribution in [2.75, 3.05) is 15.8 Å². The van der Waals surface area contributed by atoms with Crippen molar-refractivity contribution in [2.24, 2.45) is 5.41 Å². The van der Waals surface area contributed by atoms with Gasteiger partial charge in [-0.1, -0.05) is 0 Å². The Bertz CT molecular complexity index is 711. The second kappa shape index (κ2) is 6.99. The summed E-state index contributed by atoms with van der Waals surface area (Å²) in [7, 11) is -3.37. The van der Waals surface area contributed by atoms with Crippen molar-refractivity contribution >= 4 is 33.3 Å². The molecule has 3 N–H and O–H groups in total. The van der Waals surface area contributed by atoms with Crippen LogP contribution in [0.25, 0.3) is 0 Å². The van der Waals surface area contributed by atoms with Crippen LogP contribution in [0.2, 0.25) is 0 Å². The molecular formula is C15H22N2O5S. The van der Waals surface area contributed by atoms with Gasteiger partial charge in [0.25, 0.3) is 0 Å². The van der Waals surface area contributed by atoms with Crippen molar-refractivity contribution in [1.29, 1.82) is 0 Å². The molecule has 0 saturated heterocycles. The van der Waals surface area contributed by atoms with Gasteiger partial charge >= 0.3 is 5.97 Å². The molecule has 1 amide bonds. The van der Waals surface area contributed by atoms with E-state index in [-0.39, 0.29) is 12.2 Å². The molecule has 8 heteroatoms. The molecule has 0 fully saturated rings. The molecule has 1 aromatic carbocycles. The minimum absolute atomic E-state index is 0.0325. The minimum atomic E-state index is -3.37. The summed E-state index contributed by atoms with van der Waals surface area (Å²) in [6, 6.07) is 4.74. The SMILES string of the molecule is CCS(=O)(=O)Nc1ccc(NC(=O)CC(C)(C)C(=O)O)cc1C. The van der Waals surface area contributed by atoms with Crippen LogP contribution in [-0.4, -0.2) is 31.2 Å². The standard InChI is InChI=1S/C15H22N2O5S/c1-5-23(21,22)17-12-7-6-11(8-10(12)2)16-13(18)9-15(3,4)14(19)20/h6-8,17H,5,9H2,1-4H3,(H,16,18)(H,19,20). The molecule has 1 aromatic rings. The van der Waals surface area contributed by atoms with E-state index >= 15 is 0 Å². The Morgan fingerprint density at radius 3 is 2.35 bits per heavy atom. The van der Waals surface area contributed by atoms with Crippen LogP contribution in [0.4, 0.5) is 11.4 Å². The van der Waals surface area contributed by atoms with Crippen molar-refractivity contribution < 1.29 is 23.1 Å². The van der Waals surface area contributed by atoms with Gasteiger partial charge in [0.2, 0.25) is 15.9 Å². The summed E-state index contributed by atoms with van der Waals surface area (Å²) in [6.45, 7) is 6.20. The molecule has 0 aromatic heterocycles. The minimum Gasteiger partial charge on any atom is -0.481 e. The molecule has 0 atom stereocenters. The normalized spacial score (nSPS) is 11.8. The van der Waals surface area contributed by atoms with Crippen LogP contribution >= 0.6 is 0 Å². The molecule has 0 bridgehead atoms. The zero-order valence-corrected chi connectivity index (χ0v) is 14.5. The van der Waals surface area contributed by atoms with Crippen LogP contribution in [0.5, 0.6) is 0 Å². The number of benzene rings is 1. The highest BCUT2D eigenvalue weighted by atomic mass is 32.2. The monoisotopic (exact) mass is 342 g/mol. The lowest BCUT2D eigenvalue weighted by molar-refractivity contribution is -0.148. The number of carboxylic acid groups (broad SMARTS) is 1. The number of carbonyl (C=O) groups excluding carboxylic acids is 1. The van der Waals surface area contributed by atoms with E-state index in [1.165, 1.54) is 20.8 Å². The van der Waals surface area contributed by atoms with Crippen LogP contribution in [-0.2, 0) is 19.6 Å². The van der Waals surface area contributed by atoms with Crippen LogP contribution in [0.15, 0.2) is 18.2 Å². The molecule has 0 spiro atoms. The third-order valence-electron chi connectivity index (χ3n) is 3.34. The predicted molar refractivity (Wildman–Crippen MR) is 88.9 cm³/mol. The Hall–Kier alpha value is -2.09. The zero-order valence-electron chi connectivity index (χ0n) is 13.6. The van der Waals surface area contributed by atoms with E-state index in [1.807, 2.05) is 0 Å². The van der Waals surface area contributed by atoms with E-state index in [4.69, 9.17) is 5.11 Å². The fraction of sp³-hybridized carbons (Fsp3) is 0.467. The largest absolute Gasteiger partial charge is 0.481 e. The average molecular weight is 342 g/mol. The first-order valence-electron chi connectivity index (χ1n) is 7.11. The fourth-order valence-corrected chi connectivity index (χ4v) is 2.49. The highest BCUT2D eigenvalue weighted by Crippen LogP contribution is 2.24. The van der Waals surface area contributed by atoms with Gasteiger partial charge in [-0.3, -0.25) is 14.3 Å². The Morgan fingerprint density at radius 1 is 1.26 bits per heavy atom. The highest BCUT2D eigenvalue weighted by Gasteiger charge is 2.30. The third-order valence-corrected chi connectivity index (χ3v) is 4.63. The van der Waals surface area contributed by atoms with Crippen LogP contribution in [0.3, 0.4) is 0 Å². The highest BCUT2D eigenvalue weighted by molar-refractivity contribution is 7.92. The smallest absolute Gasteiger partial charge is 0.309 e. The zero-order chi connectivity index (χ0) is 17.8. The Morgan fingerprint density at radius 2 is 1.87 bits per heavy atom. The number of aliphatic carboxylic acids is 1. The maximum atomic E-state index is 11.9. The summed E-state index contributed by atoms with van der Waals surface area (Å²) in [4.78, 5) is 22.9. The van der Waals surface area contributed by atoms with Crippen molar-refractivity contribution in [3.05, 3.63) is 23.8 Å². The van der Waals surface area contributed by atoms with E-state index in [0.29, 0.717) is 16.9 Å². The molecule has 0 heterocycles. The maximum absolute atomic E-state index is 11.9. The van der Waals surface area contributed by atoms with E-state index in [1.54, 1.807) is 25.1 Å². The second-order valence-corrected chi connectivity index (χ2v) is 7.96. The van der Waals surface area contributed by atoms with Crippen molar-refractivity contribution in [3.8, 4) is 0 Å². The van der Waals surface area contributed by atoms with Crippen molar-refractivity contribution in [1.82, 2.24) is 0 Å². The topological polar surface area (TPSA) is 113 Å². The molecule has 0 saturated carbocycles. The van der Waals surface area contributed by atoms with Crippen LogP contribution in [0, 0.1) is 12.3 Å². The number of carbonyl (C=O) groups is 2. The molecule has 1 rings (SSSR count). The van der Waals surface area contributed by atoms with Crippen LogP contribution in [0.1, 0.15) is 32.8 Å². The lowest BCUT2D eigenvalue weighted by Gasteiger charge is -2.18. The van der Waals surface area contributed by atoms with Gasteiger partial charge in [-0.2, -0.15) is 0 Å². The number of nitrogens with one attached hydrogen (secondary N) is 2. The number of sulfonamides is 1. The van der Waals surface area contributed by atoms with E-state index in [2.05, 4.69) is 10.0 Å². The van der Waals surface area contributed by atoms with Crippen molar-refractivity contribution in [2.45, 2.75) is 34.1 Å². The Kier molecular flexibility index (Phi) is 5.76. The number of amides is 1. The lowest BCUT2D eigenvalue weighted by atomic mass is 9.89. The molecule has 0 radical (unpaired) electrons. The Balaban J connectivity index is 2.83. The Labute approximate surface area is 136 Å². The third kappa shape index (κ3) is 5.55. The number of rotatable bonds is 7. The summed E-state index contributed by atoms with van der Waals surface area (Å²) in [5.41, 5.74) is 0.414. The summed E-state index contributed by atoms with van der Waals surface area (Å²) in [5.74, 6) is -1.50. The maximum Gasteiger partial charge on any atom is 0.309 e. The molecule has 0 aliphatic rings. The molecular weight excluding hydrogens is 320 g/mol. The summed E-state index contributed by atoms with van der Waals surface area (Å²) < 4.78 is 25.6. The summed E-state index contributed by atoms with van der Waals surface area (Å²) >= 11 is 0. The summed E-state index contributed by atoms with van der Waals surface area (Å²) in [5, 5.41) is 11.6. The van der Waals surface area contributed by atoms with Gasteiger partial charge in [0.1, 0.15) is 0 Å². The molecule has 0 aliphatic heterocycles. The van der Waals surface area contributed by atoms with E-state index in [9.17, 15) is 18.0 Å². The molecule has 0 aliphatic carbocycles. The lowest BCUT2D eigenvalue weighted by Crippen LogP contribution is -2.29. The predicted octanol–water partition coefficient (Wildman–Crippen LogP) is 2.20. The quantitative estimate of drug-likeness (QED) is 0.703. The van der Waals surface area contributed by atoms with Gasteiger partial charge in [0.05, 0.1) is 16.9 Å². The average Bonchev–Trinajstić information content (AvgIpc) is 2.41. The van der Waals surface area contributed by atoms with E-state index < -0.39 is 27.3 Å².